The highest BCUT2D eigenvalue weighted by molar-refractivity contribution is 7.09. The van der Waals surface area contributed by atoms with E-state index in [0.29, 0.717) is 35.8 Å². The van der Waals surface area contributed by atoms with Crippen LogP contribution < -0.4 is 10.1 Å². The van der Waals surface area contributed by atoms with Crippen LogP contribution in [-0.2, 0) is 17.8 Å². The Morgan fingerprint density at radius 3 is 2.58 bits per heavy atom. The van der Waals surface area contributed by atoms with Gasteiger partial charge in [0.05, 0.1) is 12.1 Å². The number of anilines is 1. The Balaban J connectivity index is 1.55. The minimum absolute atomic E-state index is 0.0635. The summed E-state index contributed by atoms with van der Waals surface area (Å²) < 4.78 is 18.5. The number of benzene rings is 2. The molecule has 162 valence electrons. The van der Waals surface area contributed by atoms with Crippen molar-refractivity contribution >= 4 is 28.8 Å². The summed E-state index contributed by atoms with van der Waals surface area (Å²) in [5.74, 6) is -0.0528. The minimum atomic E-state index is -0.321. The Kier molecular flexibility index (Phi) is 7.72. The highest BCUT2D eigenvalue weighted by Crippen LogP contribution is 2.17. The van der Waals surface area contributed by atoms with Crippen LogP contribution in [0.3, 0.4) is 0 Å². The lowest BCUT2D eigenvalue weighted by Crippen LogP contribution is -2.30. The molecular weight excluding hydrogens is 417 g/mol. The molecule has 8 heteroatoms. The average Bonchev–Trinajstić information content (AvgIpc) is 3.21. The van der Waals surface area contributed by atoms with E-state index in [1.54, 1.807) is 41.3 Å². The van der Waals surface area contributed by atoms with E-state index in [-0.39, 0.29) is 30.7 Å². The second-order valence-electron chi connectivity index (χ2n) is 6.76. The number of hydrogen-bond acceptors (Lipinski definition) is 5. The van der Waals surface area contributed by atoms with Gasteiger partial charge < -0.3 is 15.0 Å². The van der Waals surface area contributed by atoms with Gasteiger partial charge in [-0.25, -0.2) is 9.37 Å². The number of nitrogens with zero attached hydrogens (tertiary/aromatic N) is 2. The first-order valence-corrected chi connectivity index (χ1v) is 10.9. The summed E-state index contributed by atoms with van der Waals surface area (Å²) in [6.07, 6.45) is 0.112. The standard InChI is InChI=1S/C23H24FN3O3S/c1-3-27(4-2)23(29)16-6-5-7-18(12-16)25-21(28)13-19-15-31-22(26-19)14-30-20-10-8-17(24)9-11-20/h5-12,15H,3-4,13-14H2,1-2H3,(H,25,28). The monoisotopic (exact) mass is 441 g/mol. The smallest absolute Gasteiger partial charge is 0.253 e. The van der Waals surface area contributed by atoms with E-state index in [1.807, 2.05) is 19.2 Å². The first-order valence-electron chi connectivity index (χ1n) is 9.99. The molecule has 0 atom stereocenters. The van der Waals surface area contributed by atoms with Crippen LogP contribution in [0.1, 0.15) is 34.9 Å². The number of rotatable bonds is 9. The van der Waals surface area contributed by atoms with Crippen molar-refractivity contribution in [1.29, 1.82) is 0 Å². The van der Waals surface area contributed by atoms with Crippen molar-refractivity contribution in [2.24, 2.45) is 0 Å². The fourth-order valence-corrected chi connectivity index (χ4v) is 3.67. The normalized spacial score (nSPS) is 10.5. The summed E-state index contributed by atoms with van der Waals surface area (Å²) in [7, 11) is 0. The van der Waals surface area contributed by atoms with Crippen molar-refractivity contribution in [3.63, 3.8) is 0 Å². The van der Waals surface area contributed by atoms with Crippen molar-refractivity contribution in [3.05, 3.63) is 76.0 Å². The van der Waals surface area contributed by atoms with Gasteiger partial charge in [0, 0.05) is 29.7 Å². The summed E-state index contributed by atoms with van der Waals surface area (Å²) in [5.41, 5.74) is 1.74. The molecule has 3 aromatic rings. The number of ether oxygens (including phenoxy) is 1. The van der Waals surface area contributed by atoms with Crippen LogP contribution in [0.4, 0.5) is 10.1 Å². The molecule has 0 fully saturated rings. The Morgan fingerprint density at radius 2 is 1.87 bits per heavy atom. The van der Waals surface area contributed by atoms with Crippen LogP contribution in [0, 0.1) is 5.82 Å². The molecule has 2 amide bonds. The highest BCUT2D eigenvalue weighted by Gasteiger charge is 2.14. The van der Waals surface area contributed by atoms with Crippen LogP contribution in [0.5, 0.6) is 5.75 Å². The van der Waals surface area contributed by atoms with Gasteiger partial charge in [-0.3, -0.25) is 9.59 Å². The Labute approximate surface area is 184 Å². The van der Waals surface area contributed by atoms with Crippen molar-refractivity contribution < 1.29 is 18.7 Å². The summed E-state index contributed by atoms with van der Waals surface area (Å²) >= 11 is 1.39. The molecular formula is C23H24FN3O3S. The maximum Gasteiger partial charge on any atom is 0.253 e. The molecule has 3 rings (SSSR count). The predicted molar refractivity (Wildman–Crippen MR) is 119 cm³/mol. The number of carbonyl (C=O) groups is 2. The van der Waals surface area contributed by atoms with Gasteiger partial charge in [0.2, 0.25) is 5.91 Å². The molecule has 0 unspecified atom stereocenters. The van der Waals surface area contributed by atoms with E-state index in [9.17, 15) is 14.0 Å². The summed E-state index contributed by atoms with van der Waals surface area (Å²) in [5, 5.41) is 5.35. The van der Waals surface area contributed by atoms with Gasteiger partial charge in [-0.2, -0.15) is 0 Å². The van der Waals surface area contributed by atoms with Crippen LogP contribution in [0.2, 0.25) is 0 Å². The molecule has 0 bridgehead atoms. The molecule has 1 heterocycles. The Hall–Kier alpha value is -3.26. The van der Waals surface area contributed by atoms with E-state index in [1.165, 1.54) is 23.5 Å². The molecule has 31 heavy (non-hydrogen) atoms. The van der Waals surface area contributed by atoms with Gasteiger partial charge in [0.1, 0.15) is 23.2 Å². The molecule has 0 saturated heterocycles. The van der Waals surface area contributed by atoms with Crippen LogP contribution in [0.15, 0.2) is 53.9 Å². The minimum Gasteiger partial charge on any atom is -0.486 e. The lowest BCUT2D eigenvalue weighted by Gasteiger charge is -2.19. The zero-order valence-corrected chi connectivity index (χ0v) is 18.2. The van der Waals surface area contributed by atoms with Crippen LogP contribution >= 0.6 is 11.3 Å². The van der Waals surface area contributed by atoms with Crippen LogP contribution in [0.25, 0.3) is 0 Å². The van der Waals surface area contributed by atoms with E-state index in [4.69, 9.17) is 4.74 Å². The fraction of sp³-hybridized carbons (Fsp3) is 0.261. The molecule has 0 spiro atoms. The molecule has 0 aliphatic heterocycles. The Bertz CT molecular complexity index is 1030. The molecule has 6 nitrogen and oxygen atoms in total. The molecule has 0 aliphatic carbocycles. The van der Waals surface area contributed by atoms with Gasteiger partial charge in [-0.1, -0.05) is 6.07 Å². The lowest BCUT2D eigenvalue weighted by atomic mass is 10.1. The number of hydrogen-bond donors (Lipinski definition) is 1. The number of carbonyl (C=O) groups excluding carboxylic acids is 2. The predicted octanol–water partition coefficient (Wildman–Crippen LogP) is 4.52. The average molecular weight is 442 g/mol. The van der Waals surface area contributed by atoms with Crippen molar-refractivity contribution in [3.8, 4) is 5.75 Å². The van der Waals surface area contributed by atoms with E-state index in [0.717, 1.165) is 5.01 Å². The molecule has 0 aliphatic rings. The second-order valence-corrected chi connectivity index (χ2v) is 7.70. The maximum atomic E-state index is 12.9. The molecule has 1 aromatic heterocycles. The largest absolute Gasteiger partial charge is 0.486 e. The number of nitrogens with one attached hydrogen (secondary N) is 1. The lowest BCUT2D eigenvalue weighted by molar-refractivity contribution is -0.115. The van der Waals surface area contributed by atoms with Crippen molar-refractivity contribution in [2.45, 2.75) is 26.9 Å². The van der Waals surface area contributed by atoms with Crippen LogP contribution in [-0.4, -0.2) is 34.8 Å². The molecule has 0 radical (unpaired) electrons. The summed E-state index contributed by atoms with van der Waals surface area (Å²) in [4.78, 5) is 31.1. The maximum absolute atomic E-state index is 12.9. The quantitative estimate of drug-likeness (QED) is 0.530. The summed E-state index contributed by atoms with van der Waals surface area (Å²) in [6.45, 7) is 5.36. The third kappa shape index (κ3) is 6.36. The first-order chi connectivity index (χ1) is 15.0. The number of halogens is 1. The van der Waals surface area contributed by atoms with Gasteiger partial charge in [0.15, 0.2) is 0 Å². The zero-order chi connectivity index (χ0) is 22.2. The van der Waals surface area contributed by atoms with Gasteiger partial charge in [-0.15, -0.1) is 11.3 Å². The highest BCUT2D eigenvalue weighted by atomic mass is 32.1. The second kappa shape index (κ2) is 10.7. The molecule has 2 aromatic carbocycles. The van der Waals surface area contributed by atoms with E-state index < -0.39 is 0 Å². The SMILES string of the molecule is CCN(CC)C(=O)c1cccc(NC(=O)Cc2csc(COc3ccc(F)cc3)n2)c1. The summed E-state index contributed by atoms with van der Waals surface area (Å²) in [6, 6.07) is 12.7. The van der Waals surface area contributed by atoms with Crippen molar-refractivity contribution in [2.75, 3.05) is 18.4 Å². The number of aromatic nitrogens is 1. The third-order valence-electron chi connectivity index (χ3n) is 4.56. The zero-order valence-electron chi connectivity index (χ0n) is 17.4. The van der Waals surface area contributed by atoms with Crippen molar-refractivity contribution in [1.82, 2.24) is 9.88 Å². The Morgan fingerprint density at radius 1 is 1.13 bits per heavy atom. The topological polar surface area (TPSA) is 71.5 Å². The van der Waals surface area contributed by atoms with Gasteiger partial charge >= 0.3 is 0 Å². The van der Waals surface area contributed by atoms with E-state index in [2.05, 4.69) is 10.3 Å². The molecule has 1 N–H and O–H groups in total. The van der Waals surface area contributed by atoms with E-state index >= 15 is 0 Å². The molecule has 0 saturated carbocycles. The third-order valence-corrected chi connectivity index (χ3v) is 5.43. The number of thiazole rings is 1. The van der Waals surface area contributed by atoms with Gasteiger partial charge in [-0.05, 0) is 56.3 Å². The van der Waals surface area contributed by atoms with Gasteiger partial charge in [0.25, 0.3) is 5.91 Å². The fourth-order valence-electron chi connectivity index (χ4n) is 2.97. The number of amides is 2. The first kappa shape index (κ1) is 22.4.